The minimum absolute atomic E-state index is 0.149. The van der Waals surface area contributed by atoms with Gasteiger partial charge in [-0.2, -0.15) is 8.42 Å². The van der Waals surface area contributed by atoms with E-state index in [-0.39, 0.29) is 11.7 Å². The SMILES string of the molecule is CNC(=O)c1cccc2cc(OS(=O)(=O)F)ccc12. The minimum Gasteiger partial charge on any atom is -0.358 e. The molecule has 5 nitrogen and oxygen atoms in total. The fourth-order valence-electron chi connectivity index (χ4n) is 1.76. The normalized spacial score (nSPS) is 11.3. The van der Waals surface area contributed by atoms with Crippen LogP contribution in [-0.2, 0) is 10.5 Å². The van der Waals surface area contributed by atoms with Gasteiger partial charge in [0.1, 0.15) is 5.75 Å². The van der Waals surface area contributed by atoms with Crippen LogP contribution in [0.4, 0.5) is 3.89 Å². The molecule has 7 heteroatoms. The van der Waals surface area contributed by atoms with E-state index < -0.39 is 10.5 Å². The second-order valence-corrected chi connectivity index (χ2v) is 4.70. The number of fused-ring (bicyclic) bond motifs is 1. The Morgan fingerprint density at radius 1 is 1.26 bits per heavy atom. The largest absolute Gasteiger partial charge is 0.488 e. The van der Waals surface area contributed by atoms with Gasteiger partial charge in [-0.3, -0.25) is 4.79 Å². The smallest absolute Gasteiger partial charge is 0.358 e. The molecule has 0 bridgehead atoms. The van der Waals surface area contributed by atoms with Gasteiger partial charge in [0.15, 0.2) is 0 Å². The van der Waals surface area contributed by atoms with Crippen LogP contribution in [0.1, 0.15) is 10.4 Å². The monoisotopic (exact) mass is 283 g/mol. The first-order valence-electron chi connectivity index (χ1n) is 5.29. The first-order valence-corrected chi connectivity index (χ1v) is 6.60. The lowest BCUT2D eigenvalue weighted by Crippen LogP contribution is -2.17. The zero-order valence-corrected chi connectivity index (χ0v) is 10.7. The van der Waals surface area contributed by atoms with Gasteiger partial charge in [0.25, 0.3) is 5.91 Å². The number of benzene rings is 2. The standard InChI is InChI=1S/C12H10FNO4S/c1-14-12(15)11-4-2-3-8-7-9(5-6-10(8)11)18-19(13,16)17/h2-7H,1H3,(H,14,15). The lowest BCUT2D eigenvalue weighted by molar-refractivity contribution is 0.0964. The van der Waals surface area contributed by atoms with Crippen molar-refractivity contribution in [2.24, 2.45) is 0 Å². The topological polar surface area (TPSA) is 72.5 Å². The predicted octanol–water partition coefficient (Wildman–Crippen LogP) is 1.79. The van der Waals surface area contributed by atoms with E-state index in [0.717, 1.165) is 0 Å². The summed E-state index contributed by atoms with van der Waals surface area (Å²) in [5, 5.41) is 3.69. The molecule has 0 atom stereocenters. The van der Waals surface area contributed by atoms with E-state index in [4.69, 9.17) is 0 Å². The lowest BCUT2D eigenvalue weighted by atomic mass is 10.0. The summed E-state index contributed by atoms with van der Waals surface area (Å²) < 4.78 is 37.4. The third-order valence-corrected chi connectivity index (χ3v) is 2.91. The molecule has 2 aromatic carbocycles. The van der Waals surface area contributed by atoms with E-state index in [9.17, 15) is 17.1 Å². The number of carbonyl (C=O) groups is 1. The molecule has 0 aliphatic heterocycles. The van der Waals surface area contributed by atoms with Crippen molar-refractivity contribution in [1.29, 1.82) is 0 Å². The van der Waals surface area contributed by atoms with Crippen LogP contribution in [0.25, 0.3) is 10.8 Å². The minimum atomic E-state index is -5.06. The summed E-state index contributed by atoms with van der Waals surface area (Å²) in [6, 6.07) is 9.07. The summed E-state index contributed by atoms with van der Waals surface area (Å²) in [5.41, 5.74) is 0.439. The highest BCUT2D eigenvalue weighted by molar-refractivity contribution is 7.81. The Kier molecular flexibility index (Phi) is 3.39. The Balaban J connectivity index is 2.54. The van der Waals surface area contributed by atoms with Gasteiger partial charge < -0.3 is 9.50 Å². The molecule has 1 amide bonds. The molecular formula is C12H10FNO4S. The van der Waals surface area contributed by atoms with Gasteiger partial charge >= 0.3 is 10.5 Å². The molecule has 19 heavy (non-hydrogen) atoms. The van der Waals surface area contributed by atoms with Crippen molar-refractivity contribution >= 4 is 27.2 Å². The number of amides is 1. The zero-order chi connectivity index (χ0) is 14.0. The molecule has 0 heterocycles. The molecule has 0 saturated carbocycles. The van der Waals surface area contributed by atoms with E-state index in [1.807, 2.05) is 0 Å². The molecule has 0 spiro atoms. The molecule has 1 N–H and O–H groups in total. The van der Waals surface area contributed by atoms with E-state index in [0.29, 0.717) is 16.3 Å². The highest BCUT2D eigenvalue weighted by Gasteiger charge is 2.12. The second kappa shape index (κ2) is 4.85. The van der Waals surface area contributed by atoms with Gasteiger partial charge in [-0.1, -0.05) is 16.0 Å². The summed E-state index contributed by atoms with van der Waals surface area (Å²) in [6.45, 7) is 0. The van der Waals surface area contributed by atoms with Crippen LogP contribution < -0.4 is 9.50 Å². The van der Waals surface area contributed by atoms with Crippen LogP contribution in [-0.4, -0.2) is 21.4 Å². The van der Waals surface area contributed by atoms with Crippen molar-refractivity contribution in [3.63, 3.8) is 0 Å². The molecule has 0 fully saturated rings. The Morgan fingerprint density at radius 3 is 2.63 bits per heavy atom. The van der Waals surface area contributed by atoms with Crippen LogP contribution in [0.3, 0.4) is 0 Å². The maximum Gasteiger partial charge on any atom is 0.488 e. The molecule has 0 aliphatic rings. The lowest BCUT2D eigenvalue weighted by Gasteiger charge is -2.06. The highest BCUT2D eigenvalue weighted by atomic mass is 32.3. The van der Waals surface area contributed by atoms with Gasteiger partial charge in [0, 0.05) is 12.6 Å². The molecular weight excluding hydrogens is 273 g/mol. The maximum atomic E-state index is 12.4. The van der Waals surface area contributed by atoms with E-state index >= 15 is 0 Å². The summed E-state index contributed by atoms with van der Waals surface area (Å²) in [5.74, 6) is -0.415. The number of nitrogens with one attached hydrogen (secondary N) is 1. The van der Waals surface area contributed by atoms with Gasteiger partial charge in [0.05, 0.1) is 0 Å². The van der Waals surface area contributed by atoms with Gasteiger partial charge in [-0.15, -0.1) is 0 Å². The third kappa shape index (κ3) is 3.00. The van der Waals surface area contributed by atoms with Crippen molar-refractivity contribution in [2.45, 2.75) is 0 Å². The van der Waals surface area contributed by atoms with Crippen molar-refractivity contribution in [3.05, 3.63) is 42.0 Å². The van der Waals surface area contributed by atoms with Crippen molar-refractivity contribution in [1.82, 2.24) is 5.32 Å². The maximum absolute atomic E-state index is 12.4. The van der Waals surface area contributed by atoms with Crippen molar-refractivity contribution in [3.8, 4) is 5.75 Å². The third-order valence-electron chi connectivity index (χ3n) is 2.52. The number of hydrogen-bond acceptors (Lipinski definition) is 4. The van der Waals surface area contributed by atoms with Crippen LogP contribution in [0, 0.1) is 0 Å². The Labute approximate surface area is 109 Å². The van der Waals surface area contributed by atoms with Crippen LogP contribution in [0.5, 0.6) is 5.75 Å². The molecule has 2 rings (SSSR count). The Morgan fingerprint density at radius 2 is 2.00 bits per heavy atom. The average molecular weight is 283 g/mol. The quantitative estimate of drug-likeness (QED) is 0.872. The molecule has 0 saturated heterocycles. The van der Waals surface area contributed by atoms with E-state index in [1.54, 1.807) is 18.2 Å². The van der Waals surface area contributed by atoms with Crippen LogP contribution in [0.15, 0.2) is 36.4 Å². The van der Waals surface area contributed by atoms with E-state index in [2.05, 4.69) is 9.50 Å². The molecule has 100 valence electrons. The summed E-state index contributed by atoms with van der Waals surface area (Å²) in [4.78, 5) is 11.6. The first-order chi connectivity index (χ1) is 8.90. The summed E-state index contributed by atoms with van der Waals surface area (Å²) >= 11 is 0. The van der Waals surface area contributed by atoms with Gasteiger partial charge in [-0.05, 0) is 35.0 Å². The van der Waals surface area contributed by atoms with Gasteiger partial charge in [0.2, 0.25) is 0 Å². The van der Waals surface area contributed by atoms with Gasteiger partial charge in [-0.25, -0.2) is 0 Å². The Bertz CT molecular complexity index is 742. The first kappa shape index (κ1) is 13.3. The van der Waals surface area contributed by atoms with Crippen LogP contribution >= 0.6 is 0 Å². The summed E-state index contributed by atoms with van der Waals surface area (Å²) in [7, 11) is -3.55. The summed E-state index contributed by atoms with van der Waals surface area (Å²) in [6.07, 6.45) is 0. The average Bonchev–Trinajstić information content (AvgIpc) is 2.35. The Hall–Kier alpha value is -2.15. The molecule has 2 aromatic rings. The number of rotatable bonds is 3. The fraction of sp³-hybridized carbons (Fsp3) is 0.0833. The highest BCUT2D eigenvalue weighted by Crippen LogP contribution is 2.25. The molecule has 0 unspecified atom stereocenters. The zero-order valence-electron chi connectivity index (χ0n) is 9.88. The molecule has 0 aliphatic carbocycles. The van der Waals surface area contributed by atoms with Crippen molar-refractivity contribution < 1.29 is 21.3 Å². The predicted molar refractivity (Wildman–Crippen MR) is 68.0 cm³/mol. The number of halogens is 1. The second-order valence-electron chi connectivity index (χ2n) is 3.74. The number of carbonyl (C=O) groups excluding carboxylic acids is 1. The number of hydrogen-bond donors (Lipinski definition) is 1. The molecule has 0 radical (unpaired) electrons. The molecule has 0 aromatic heterocycles. The van der Waals surface area contributed by atoms with E-state index in [1.165, 1.54) is 25.2 Å². The fourth-order valence-corrected chi connectivity index (χ4v) is 2.09. The van der Waals surface area contributed by atoms with Crippen LogP contribution in [0.2, 0.25) is 0 Å². The van der Waals surface area contributed by atoms with Crippen molar-refractivity contribution in [2.75, 3.05) is 7.05 Å².